The van der Waals surface area contributed by atoms with Crippen molar-refractivity contribution >= 4 is 33.0 Å². The van der Waals surface area contributed by atoms with Gasteiger partial charge in [-0.05, 0) is 18.6 Å². The van der Waals surface area contributed by atoms with Gasteiger partial charge in [0.1, 0.15) is 0 Å². The Morgan fingerprint density at radius 1 is 1.42 bits per heavy atom. The molecule has 102 valence electrons. The van der Waals surface area contributed by atoms with Crippen molar-refractivity contribution in [2.45, 2.75) is 26.5 Å². The zero-order chi connectivity index (χ0) is 13.7. The summed E-state index contributed by atoms with van der Waals surface area (Å²) in [6.07, 6.45) is 0.997. The molecule has 3 nitrogen and oxygen atoms in total. The third-order valence-corrected chi connectivity index (χ3v) is 4.55. The van der Waals surface area contributed by atoms with Crippen molar-refractivity contribution in [3.05, 3.63) is 44.3 Å². The van der Waals surface area contributed by atoms with E-state index in [9.17, 15) is 0 Å². The van der Waals surface area contributed by atoms with E-state index in [2.05, 4.69) is 44.6 Å². The molecule has 1 aromatic heterocycles. The first-order valence-corrected chi connectivity index (χ1v) is 7.85. The summed E-state index contributed by atoms with van der Waals surface area (Å²) >= 11 is 5.27. The van der Waals surface area contributed by atoms with Gasteiger partial charge in [0.25, 0.3) is 0 Å². The van der Waals surface area contributed by atoms with Crippen LogP contribution in [0, 0.1) is 0 Å². The molecule has 0 radical (unpaired) electrons. The molecular weight excluding hydrogens is 324 g/mol. The third kappa shape index (κ3) is 3.78. The number of halogens is 1. The summed E-state index contributed by atoms with van der Waals surface area (Å²) in [6, 6.07) is 6.11. The first kappa shape index (κ1) is 14.5. The van der Waals surface area contributed by atoms with E-state index in [0.29, 0.717) is 6.61 Å². The number of benzene rings is 1. The maximum atomic E-state index is 5.24. The van der Waals surface area contributed by atoms with Crippen molar-refractivity contribution in [3.63, 3.8) is 0 Å². The van der Waals surface area contributed by atoms with Gasteiger partial charge in [-0.25, -0.2) is 4.98 Å². The van der Waals surface area contributed by atoms with E-state index >= 15 is 0 Å². The minimum Gasteiger partial charge on any atom is -0.380 e. The van der Waals surface area contributed by atoms with Gasteiger partial charge >= 0.3 is 0 Å². The van der Waals surface area contributed by atoms with Gasteiger partial charge in [0, 0.05) is 28.2 Å². The van der Waals surface area contributed by atoms with Crippen LogP contribution in [0.25, 0.3) is 0 Å². The quantitative estimate of drug-likeness (QED) is 0.854. The fourth-order valence-electron chi connectivity index (χ4n) is 1.79. The number of aromatic nitrogens is 1. The second kappa shape index (κ2) is 7.03. The number of hydrogen-bond donors (Lipinski definition) is 1. The Bertz CT molecular complexity index is 542. The van der Waals surface area contributed by atoms with E-state index in [-0.39, 0.29) is 0 Å². The normalized spacial score (nSPS) is 10.7. The largest absolute Gasteiger partial charge is 0.380 e. The van der Waals surface area contributed by atoms with Gasteiger partial charge in [-0.2, -0.15) is 0 Å². The molecule has 0 aliphatic carbocycles. The molecule has 0 atom stereocenters. The lowest BCUT2D eigenvalue weighted by Crippen LogP contribution is -2.04. The Balaban J connectivity index is 2.08. The van der Waals surface area contributed by atoms with Crippen LogP contribution in [0.4, 0.5) is 5.69 Å². The van der Waals surface area contributed by atoms with Crippen LogP contribution in [-0.2, 0) is 24.3 Å². The minimum absolute atomic E-state index is 0.584. The van der Waals surface area contributed by atoms with Gasteiger partial charge in [0.15, 0.2) is 0 Å². The van der Waals surface area contributed by atoms with Crippen LogP contribution in [0.2, 0.25) is 0 Å². The molecule has 0 spiro atoms. The van der Waals surface area contributed by atoms with Gasteiger partial charge in [-0.1, -0.05) is 28.9 Å². The summed E-state index contributed by atoms with van der Waals surface area (Å²) in [5, 5.41) is 6.72. The molecule has 2 rings (SSSR count). The number of methoxy groups -OCH3 is 1. The summed E-state index contributed by atoms with van der Waals surface area (Å²) in [7, 11) is 1.71. The summed E-state index contributed by atoms with van der Waals surface area (Å²) in [5.41, 5.74) is 3.31. The molecule has 5 heteroatoms. The molecule has 0 fully saturated rings. The molecule has 0 unspecified atom stereocenters. The summed E-state index contributed by atoms with van der Waals surface area (Å²) in [4.78, 5) is 4.55. The van der Waals surface area contributed by atoms with Gasteiger partial charge < -0.3 is 10.1 Å². The maximum absolute atomic E-state index is 5.24. The molecule has 0 aliphatic rings. The highest BCUT2D eigenvalue weighted by Gasteiger charge is 2.07. The highest BCUT2D eigenvalue weighted by molar-refractivity contribution is 9.10. The third-order valence-electron chi connectivity index (χ3n) is 2.77. The van der Waals surface area contributed by atoms with Crippen LogP contribution in [0.3, 0.4) is 0 Å². The van der Waals surface area contributed by atoms with Gasteiger partial charge in [0.05, 0.1) is 23.9 Å². The molecule has 19 heavy (non-hydrogen) atoms. The lowest BCUT2D eigenvalue weighted by molar-refractivity contribution is 0.185. The van der Waals surface area contributed by atoms with Crippen LogP contribution in [0.5, 0.6) is 0 Å². The van der Waals surface area contributed by atoms with Crippen LogP contribution in [0.15, 0.2) is 28.1 Å². The number of hydrogen-bond acceptors (Lipinski definition) is 4. The fourth-order valence-corrected chi connectivity index (χ4v) is 3.02. The van der Waals surface area contributed by atoms with Crippen molar-refractivity contribution in [1.82, 2.24) is 4.98 Å². The Hall–Kier alpha value is -0.910. The monoisotopic (exact) mass is 340 g/mol. The predicted molar refractivity (Wildman–Crippen MR) is 83.7 cm³/mol. The Morgan fingerprint density at radius 2 is 2.26 bits per heavy atom. The highest BCUT2D eigenvalue weighted by Crippen LogP contribution is 2.26. The number of aryl methyl sites for hydroxylation is 1. The highest BCUT2D eigenvalue weighted by atomic mass is 79.9. The second-order valence-corrected chi connectivity index (χ2v) is 5.94. The van der Waals surface area contributed by atoms with Crippen molar-refractivity contribution < 1.29 is 4.74 Å². The summed E-state index contributed by atoms with van der Waals surface area (Å²) < 4.78 is 6.30. The van der Waals surface area contributed by atoms with Crippen molar-refractivity contribution in [2.24, 2.45) is 0 Å². The molecular formula is C14H17BrN2OS. The standard InChI is InChI=1S/C14H17BrN2OS/c1-3-14-17-10(9-19-14)7-16-13-6-4-5-12(15)11(13)8-18-2/h4-6,9,16H,3,7-8H2,1-2H3. The molecule has 2 aromatic rings. The van der Waals surface area contributed by atoms with Crippen LogP contribution in [-0.4, -0.2) is 12.1 Å². The fraction of sp³-hybridized carbons (Fsp3) is 0.357. The summed E-state index contributed by atoms with van der Waals surface area (Å²) in [5.74, 6) is 0. The van der Waals surface area contributed by atoms with E-state index < -0.39 is 0 Å². The zero-order valence-electron chi connectivity index (χ0n) is 11.1. The van der Waals surface area contributed by atoms with Crippen LogP contribution >= 0.6 is 27.3 Å². The minimum atomic E-state index is 0.584. The van der Waals surface area contributed by atoms with E-state index in [1.165, 1.54) is 5.01 Å². The number of nitrogens with one attached hydrogen (secondary N) is 1. The number of anilines is 1. The molecule has 0 amide bonds. The zero-order valence-corrected chi connectivity index (χ0v) is 13.5. The average molecular weight is 341 g/mol. The maximum Gasteiger partial charge on any atom is 0.0926 e. The van der Waals surface area contributed by atoms with Crippen molar-refractivity contribution in [3.8, 4) is 0 Å². The molecule has 0 saturated carbocycles. The number of nitrogens with zero attached hydrogens (tertiary/aromatic N) is 1. The first-order valence-electron chi connectivity index (χ1n) is 6.18. The second-order valence-electron chi connectivity index (χ2n) is 4.14. The Labute approximate surface area is 126 Å². The van der Waals surface area contributed by atoms with Crippen LogP contribution < -0.4 is 5.32 Å². The number of rotatable bonds is 6. The average Bonchev–Trinajstić information content (AvgIpc) is 2.87. The topological polar surface area (TPSA) is 34.2 Å². The van der Waals surface area contributed by atoms with Crippen molar-refractivity contribution in [2.75, 3.05) is 12.4 Å². The molecule has 0 aliphatic heterocycles. The SMILES string of the molecule is CCc1nc(CNc2cccc(Br)c2COC)cs1. The lowest BCUT2D eigenvalue weighted by Gasteiger charge is -2.12. The Kier molecular flexibility index (Phi) is 5.36. The molecule has 0 bridgehead atoms. The molecule has 1 heterocycles. The van der Waals surface area contributed by atoms with Crippen LogP contribution in [0.1, 0.15) is 23.2 Å². The molecule has 1 aromatic carbocycles. The smallest absolute Gasteiger partial charge is 0.0926 e. The Morgan fingerprint density at radius 3 is 2.95 bits per heavy atom. The van der Waals surface area contributed by atoms with E-state index in [0.717, 1.165) is 34.4 Å². The van der Waals surface area contributed by atoms with Gasteiger partial charge in [0.2, 0.25) is 0 Å². The van der Waals surface area contributed by atoms with Gasteiger partial charge in [-0.15, -0.1) is 11.3 Å². The summed E-state index contributed by atoms with van der Waals surface area (Å²) in [6.45, 7) is 3.45. The van der Waals surface area contributed by atoms with Crippen molar-refractivity contribution in [1.29, 1.82) is 0 Å². The number of thiazole rings is 1. The predicted octanol–water partition coefficient (Wildman–Crippen LogP) is 4.23. The lowest BCUT2D eigenvalue weighted by atomic mass is 10.2. The van der Waals surface area contributed by atoms with E-state index in [4.69, 9.17) is 4.74 Å². The van der Waals surface area contributed by atoms with E-state index in [1.807, 2.05) is 12.1 Å². The molecule has 0 saturated heterocycles. The van der Waals surface area contributed by atoms with Gasteiger partial charge in [-0.3, -0.25) is 0 Å². The molecule has 1 N–H and O–H groups in total. The van der Waals surface area contributed by atoms with E-state index in [1.54, 1.807) is 18.4 Å². The number of ether oxygens (including phenoxy) is 1. The first-order chi connectivity index (χ1) is 9.24.